The summed E-state index contributed by atoms with van der Waals surface area (Å²) >= 11 is 0. The minimum absolute atomic E-state index is 0.221. The lowest BCUT2D eigenvalue weighted by Gasteiger charge is -2.18. The first-order valence-electron chi connectivity index (χ1n) is 11.0. The Bertz CT molecular complexity index is 1220. The van der Waals surface area contributed by atoms with Crippen molar-refractivity contribution < 1.29 is 5.11 Å². The summed E-state index contributed by atoms with van der Waals surface area (Å²) in [5.74, 6) is 0. The van der Waals surface area contributed by atoms with Crippen LogP contribution in [0.1, 0.15) is 43.0 Å². The molecule has 4 heteroatoms. The van der Waals surface area contributed by atoms with Crippen molar-refractivity contribution in [1.82, 2.24) is 9.61 Å². The van der Waals surface area contributed by atoms with Crippen molar-refractivity contribution >= 4 is 5.52 Å². The zero-order chi connectivity index (χ0) is 21.6. The van der Waals surface area contributed by atoms with Crippen molar-refractivity contribution in [2.24, 2.45) is 0 Å². The lowest BCUT2D eigenvalue weighted by Crippen LogP contribution is -2.06. The number of hydrogen-bond donors (Lipinski definition) is 1. The fourth-order valence-electron chi connectivity index (χ4n) is 4.21. The Morgan fingerprint density at radius 1 is 0.935 bits per heavy atom. The van der Waals surface area contributed by atoms with Crippen molar-refractivity contribution in [3.8, 4) is 28.5 Å². The third-order valence-corrected chi connectivity index (χ3v) is 5.75. The number of fused-ring (bicyclic) bond motifs is 1. The zero-order valence-corrected chi connectivity index (χ0v) is 17.9. The lowest BCUT2D eigenvalue weighted by molar-refractivity contribution is 0.283. The minimum atomic E-state index is 0.221. The summed E-state index contributed by atoms with van der Waals surface area (Å²) in [5, 5.41) is 23.8. The number of hydrogen-bond acceptors (Lipinski definition) is 3. The summed E-state index contributed by atoms with van der Waals surface area (Å²) in [5.41, 5.74) is 8.36. The van der Waals surface area contributed by atoms with Gasteiger partial charge in [-0.05, 0) is 61.1 Å². The van der Waals surface area contributed by atoms with Gasteiger partial charge in [-0.3, -0.25) is 0 Å². The molecule has 0 aliphatic rings. The van der Waals surface area contributed by atoms with Crippen LogP contribution in [0.5, 0.6) is 0 Å². The molecule has 4 aromatic rings. The Kier molecular flexibility index (Phi) is 6.45. The highest BCUT2D eigenvalue weighted by molar-refractivity contribution is 5.88. The standard InChI is InChI=1S/C27H27N3O/c1-2-23-15-16-25-26(22-13-9-10-20(18-22)19-28)24(14-7-4-8-17-31)27(29-30(23)25)21-11-5-3-6-12-21/h3,5-6,9-13,15-16,18,31H,2,4,7-8,14,17H2,1H3. The molecule has 4 nitrogen and oxygen atoms in total. The van der Waals surface area contributed by atoms with Crippen LogP contribution in [0, 0.1) is 11.3 Å². The number of aromatic nitrogens is 2. The summed E-state index contributed by atoms with van der Waals surface area (Å²) < 4.78 is 2.06. The molecule has 0 unspecified atom stereocenters. The number of aliphatic hydroxyl groups excluding tert-OH is 1. The number of aliphatic hydroxyl groups is 1. The molecule has 4 rings (SSSR count). The molecule has 31 heavy (non-hydrogen) atoms. The second-order valence-corrected chi connectivity index (χ2v) is 7.77. The minimum Gasteiger partial charge on any atom is -0.396 e. The maximum Gasteiger partial charge on any atom is 0.0991 e. The highest BCUT2D eigenvalue weighted by Gasteiger charge is 2.19. The Labute approximate surface area is 183 Å². The van der Waals surface area contributed by atoms with E-state index in [-0.39, 0.29) is 6.61 Å². The molecule has 156 valence electrons. The first kappa shape index (κ1) is 20.8. The molecule has 0 radical (unpaired) electrons. The number of rotatable bonds is 8. The van der Waals surface area contributed by atoms with E-state index >= 15 is 0 Å². The second kappa shape index (κ2) is 9.59. The van der Waals surface area contributed by atoms with Gasteiger partial charge in [0.1, 0.15) is 0 Å². The van der Waals surface area contributed by atoms with Gasteiger partial charge in [0, 0.05) is 23.4 Å². The largest absolute Gasteiger partial charge is 0.396 e. The molecule has 0 spiro atoms. The van der Waals surface area contributed by atoms with Crippen molar-refractivity contribution in [3.63, 3.8) is 0 Å². The summed E-state index contributed by atoms with van der Waals surface area (Å²) in [7, 11) is 0. The Morgan fingerprint density at radius 3 is 2.48 bits per heavy atom. The van der Waals surface area contributed by atoms with Crippen LogP contribution in [0.4, 0.5) is 0 Å². The third-order valence-electron chi connectivity index (χ3n) is 5.75. The first-order chi connectivity index (χ1) is 15.3. The van der Waals surface area contributed by atoms with Gasteiger partial charge in [-0.1, -0.05) is 55.8 Å². The normalized spacial score (nSPS) is 11.0. The number of aryl methyl sites for hydroxylation is 1. The number of nitrogens with zero attached hydrogens (tertiary/aromatic N) is 3. The maximum absolute atomic E-state index is 9.48. The highest BCUT2D eigenvalue weighted by atomic mass is 16.2. The van der Waals surface area contributed by atoms with Crippen LogP contribution >= 0.6 is 0 Å². The molecule has 0 saturated carbocycles. The van der Waals surface area contributed by atoms with E-state index in [9.17, 15) is 10.4 Å². The number of nitriles is 1. The fourth-order valence-corrected chi connectivity index (χ4v) is 4.21. The molecule has 0 aliphatic carbocycles. The molecular formula is C27H27N3O. The average molecular weight is 410 g/mol. The Hall–Kier alpha value is -3.42. The van der Waals surface area contributed by atoms with E-state index in [0.29, 0.717) is 5.56 Å². The fraction of sp³-hybridized carbons (Fsp3) is 0.259. The first-order valence-corrected chi connectivity index (χ1v) is 11.0. The average Bonchev–Trinajstić information content (AvgIpc) is 3.24. The summed E-state index contributed by atoms with van der Waals surface area (Å²) in [6.45, 7) is 2.36. The number of unbranched alkanes of at least 4 members (excludes halogenated alkanes) is 2. The molecule has 0 aliphatic heterocycles. The molecule has 2 aromatic heterocycles. The molecule has 0 fully saturated rings. The zero-order valence-electron chi connectivity index (χ0n) is 17.9. The third kappa shape index (κ3) is 4.23. The van der Waals surface area contributed by atoms with Gasteiger partial charge in [0.05, 0.1) is 22.8 Å². The highest BCUT2D eigenvalue weighted by Crippen LogP contribution is 2.36. The van der Waals surface area contributed by atoms with E-state index in [1.165, 1.54) is 5.56 Å². The second-order valence-electron chi connectivity index (χ2n) is 7.77. The van der Waals surface area contributed by atoms with Gasteiger partial charge in [-0.15, -0.1) is 0 Å². The van der Waals surface area contributed by atoms with E-state index in [2.05, 4.69) is 47.8 Å². The molecule has 2 aromatic carbocycles. The topological polar surface area (TPSA) is 61.3 Å². The predicted octanol–water partition coefficient (Wildman–Crippen LogP) is 5.81. The molecule has 0 atom stereocenters. The van der Waals surface area contributed by atoms with Crippen LogP contribution < -0.4 is 0 Å². The van der Waals surface area contributed by atoms with E-state index in [4.69, 9.17) is 5.10 Å². The van der Waals surface area contributed by atoms with Gasteiger partial charge >= 0.3 is 0 Å². The van der Waals surface area contributed by atoms with E-state index in [0.717, 1.165) is 65.7 Å². The van der Waals surface area contributed by atoms with Crippen molar-refractivity contribution in [3.05, 3.63) is 83.6 Å². The molecule has 0 bridgehead atoms. The SMILES string of the molecule is CCc1ccc2c(-c3cccc(C#N)c3)c(CCCCCO)c(-c3ccccc3)nn12. The maximum atomic E-state index is 9.48. The Morgan fingerprint density at radius 2 is 1.74 bits per heavy atom. The van der Waals surface area contributed by atoms with Crippen LogP contribution in [0.3, 0.4) is 0 Å². The quantitative estimate of drug-likeness (QED) is 0.374. The van der Waals surface area contributed by atoms with Gasteiger partial charge in [-0.25, -0.2) is 4.52 Å². The Balaban J connectivity index is 2.01. The van der Waals surface area contributed by atoms with Gasteiger partial charge in [-0.2, -0.15) is 10.4 Å². The summed E-state index contributed by atoms with van der Waals surface area (Å²) in [6, 6.07) is 24.7. The smallest absolute Gasteiger partial charge is 0.0991 e. The van der Waals surface area contributed by atoms with Crippen molar-refractivity contribution in [2.75, 3.05) is 6.61 Å². The van der Waals surface area contributed by atoms with Crippen LogP contribution in [0.25, 0.3) is 27.9 Å². The van der Waals surface area contributed by atoms with Crippen LogP contribution in [-0.2, 0) is 12.8 Å². The van der Waals surface area contributed by atoms with Crippen LogP contribution in [-0.4, -0.2) is 21.3 Å². The number of benzene rings is 2. The van der Waals surface area contributed by atoms with E-state index < -0.39 is 0 Å². The summed E-state index contributed by atoms with van der Waals surface area (Å²) in [6.07, 6.45) is 4.51. The van der Waals surface area contributed by atoms with Crippen molar-refractivity contribution in [1.29, 1.82) is 5.26 Å². The molecule has 2 heterocycles. The van der Waals surface area contributed by atoms with Gasteiger partial charge < -0.3 is 5.11 Å². The van der Waals surface area contributed by atoms with E-state index in [1.807, 2.05) is 36.4 Å². The van der Waals surface area contributed by atoms with Crippen LogP contribution in [0.2, 0.25) is 0 Å². The van der Waals surface area contributed by atoms with E-state index in [1.54, 1.807) is 0 Å². The predicted molar refractivity (Wildman–Crippen MR) is 125 cm³/mol. The molecule has 0 saturated heterocycles. The monoisotopic (exact) mass is 409 g/mol. The van der Waals surface area contributed by atoms with Gasteiger partial charge in [0.15, 0.2) is 0 Å². The molecular weight excluding hydrogens is 382 g/mol. The summed E-state index contributed by atoms with van der Waals surface area (Å²) in [4.78, 5) is 0. The van der Waals surface area contributed by atoms with Gasteiger partial charge in [0.2, 0.25) is 0 Å². The molecule has 0 amide bonds. The van der Waals surface area contributed by atoms with Crippen LogP contribution in [0.15, 0.2) is 66.7 Å². The van der Waals surface area contributed by atoms with Crippen molar-refractivity contribution in [2.45, 2.75) is 39.0 Å². The van der Waals surface area contributed by atoms with Gasteiger partial charge in [0.25, 0.3) is 0 Å². The lowest BCUT2D eigenvalue weighted by atomic mass is 9.91. The molecule has 1 N–H and O–H groups in total.